The van der Waals surface area contributed by atoms with E-state index in [1.807, 2.05) is 6.92 Å². The molecule has 0 saturated carbocycles. The summed E-state index contributed by atoms with van der Waals surface area (Å²) in [7, 11) is 4.96. The van der Waals surface area contributed by atoms with Gasteiger partial charge in [-0.05, 0) is 19.4 Å². The van der Waals surface area contributed by atoms with Crippen molar-refractivity contribution < 1.29 is 19.0 Å². The average molecular weight is 302 g/mol. The van der Waals surface area contributed by atoms with Crippen LogP contribution < -0.4 is 10.6 Å². The second-order valence-electron chi connectivity index (χ2n) is 6.17. The molecule has 21 heavy (non-hydrogen) atoms. The lowest BCUT2D eigenvalue weighted by Crippen LogP contribution is -2.65. The number of amides is 1. The zero-order chi connectivity index (χ0) is 16.0. The van der Waals surface area contributed by atoms with Gasteiger partial charge in [0.05, 0.1) is 18.7 Å². The molecule has 3 atom stereocenters. The number of nitrogens with one attached hydrogen (secondary N) is 2. The highest BCUT2D eigenvalue weighted by Crippen LogP contribution is 2.28. The van der Waals surface area contributed by atoms with Crippen molar-refractivity contribution in [3.63, 3.8) is 0 Å². The topological polar surface area (TPSA) is 68.8 Å². The van der Waals surface area contributed by atoms with Crippen LogP contribution in [-0.4, -0.2) is 58.3 Å². The Morgan fingerprint density at radius 1 is 1.38 bits per heavy atom. The Bertz CT molecular complexity index is 332. The monoisotopic (exact) mass is 302 g/mol. The Morgan fingerprint density at radius 2 is 2.00 bits per heavy atom. The van der Waals surface area contributed by atoms with Crippen LogP contribution in [0, 0.1) is 11.8 Å². The van der Waals surface area contributed by atoms with E-state index in [9.17, 15) is 4.79 Å². The minimum Gasteiger partial charge on any atom is -0.375 e. The fourth-order valence-corrected chi connectivity index (χ4v) is 2.80. The maximum absolute atomic E-state index is 12.5. The lowest BCUT2D eigenvalue weighted by atomic mass is 9.91. The SMILES string of the molecule is CN[C@@H](CC(C)C)C(=O)N[C@H]1[C@@H](C)COCC1(OC)OC. The molecule has 1 aliphatic heterocycles. The number of methoxy groups -OCH3 is 2. The third-order valence-electron chi connectivity index (χ3n) is 4.09. The molecule has 1 rings (SSSR count). The number of hydrogen-bond acceptors (Lipinski definition) is 5. The van der Waals surface area contributed by atoms with E-state index >= 15 is 0 Å². The quantitative estimate of drug-likeness (QED) is 0.680. The summed E-state index contributed by atoms with van der Waals surface area (Å²) in [6.45, 7) is 7.11. The van der Waals surface area contributed by atoms with Gasteiger partial charge in [-0.1, -0.05) is 20.8 Å². The van der Waals surface area contributed by atoms with E-state index in [0.717, 1.165) is 6.42 Å². The highest BCUT2D eigenvalue weighted by atomic mass is 16.7. The Morgan fingerprint density at radius 3 is 2.48 bits per heavy atom. The number of hydrogen-bond donors (Lipinski definition) is 2. The van der Waals surface area contributed by atoms with Gasteiger partial charge in [0.1, 0.15) is 6.61 Å². The lowest BCUT2D eigenvalue weighted by molar-refractivity contribution is -0.279. The van der Waals surface area contributed by atoms with Gasteiger partial charge in [-0.25, -0.2) is 0 Å². The van der Waals surface area contributed by atoms with E-state index in [0.29, 0.717) is 19.1 Å². The van der Waals surface area contributed by atoms with Crippen LogP contribution >= 0.6 is 0 Å². The van der Waals surface area contributed by atoms with Crippen molar-refractivity contribution in [1.82, 2.24) is 10.6 Å². The van der Waals surface area contributed by atoms with Crippen LogP contribution in [0.25, 0.3) is 0 Å². The minimum atomic E-state index is -0.927. The molecular weight excluding hydrogens is 272 g/mol. The normalized spacial score (nSPS) is 26.6. The van der Waals surface area contributed by atoms with Crippen LogP contribution in [0.2, 0.25) is 0 Å². The number of likely N-dealkylation sites (N-methyl/N-ethyl adjacent to an activating group) is 1. The Balaban J connectivity index is 2.82. The molecule has 0 bridgehead atoms. The van der Waals surface area contributed by atoms with E-state index in [1.165, 1.54) is 0 Å². The van der Waals surface area contributed by atoms with E-state index in [-0.39, 0.29) is 23.9 Å². The van der Waals surface area contributed by atoms with E-state index in [4.69, 9.17) is 14.2 Å². The molecule has 1 heterocycles. The van der Waals surface area contributed by atoms with Gasteiger partial charge < -0.3 is 24.8 Å². The van der Waals surface area contributed by atoms with Gasteiger partial charge in [0, 0.05) is 20.1 Å². The van der Waals surface area contributed by atoms with Crippen molar-refractivity contribution in [3.8, 4) is 0 Å². The molecule has 0 aromatic rings. The fraction of sp³-hybridized carbons (Fsp3) is 0.933. The van der Waals surface area contributed by atoms with Gasteiger partial charge in [-0.2, -0.15) is 0 Å². The summed E-state index contributed by atoms with van der Waals surface area (Å²) in [5, 5.41) is 6.16. The molecule has 0 aromatic carbocycles. The van der Waals surface area contributed by atoms with Gasteiger partial charge in [-0.15, -0.1) is 0 Å². The van der Waals surface area contributed by atoms with Crippen LogP contribution in [-0.2, 0) is 19.0 Å². The molecular formula is C15H30N2O4. The molecule has 1 amide bonds. The summed E-state index contributed by atoms with van der Waals surface area (Å²) >= 11 is 0. The van der Waals surface area contributed by atoms with Crippen LogP contribution in [0.3, 0.4) is 0 Å². The molecule has 0 aliphatic carbocycles. The highest BCUT2D eigenvalue weighted by molar-refractivity contribution is 5.82. The summed E-state index contributed by atoms with van der Waals surface area (Å²) in [6, 6.07) is -0.455. The number of carbonyl (C=O) groups excluding carboxylic acids is 1. The molecule has 1 saturated heterocycles. The van der Waals surface area contributed by atoms with Crippen molar-refractivity contribution in [2.24, 2.45) is 11.8 Å². The Labute approximate surface area is 127 Å². The number of ether oxygens (including phenoxy) is 3. The van der Waals surface area contributed by atoms with Gasteiger partial charge in [-0.3, -0.25) is 4.79 Å². The minimum absolute atomic E-state index is 0.0246. The summed E-state index contributed by atoms with van der Waals surface area (Å²) in [5.41, 5.74) is 0. The molecule has 6 nitrogen and oxygen atoms in total. The second kappa shape index (κ2) is 8.08. The van der Waals surface area contributed by atoms with Crippen molar-refractivity contribution in [2.75, 3.05) is 34.5 Å². The average Bonchev–Trinajstić information content (AvgIpc) is 2.46. The standard InChI is InChI=1S/C15H30N2O4/c1-10(2)7-12(16-4)14(18)17-13-11(3)8-21-9-15(13,19-5)20-6/h10-13,16H,7-9H2,1-6H3,(H,17,18)/t11-,12-,13-/m0/s1. The van der Waals surface area contributed by atoms with Gasteiger partial charge >= 0.3 is 0 Å². The lowest BCUT2D eigenvalue weighted by Gasteiger charge is -2.45. The van der Waals surface area contributed by atoms with Crippen molar-refractivity contribution in [1.29, 1.82) is 0 Å². The first-order chi connectivity index (χ1) is 9.90. The van der Waals surface area contributed by atoms with Crippen LogP contribution in [0.15, 0.2) is 0 Å². The summed E-state index contributed by atoms with van der Waals surface area (Å²) in [5.74, 6) is -0.402. The third kappa shape index (κ3) is 4.39. The summed E-state index contributed by atoms with van der Waals surface area (Å²) in [4.78, 5) is 12.5. The number of carbonyl (C=O) groups is 1. The Kier molecular flexibility index (Phi) is 7.06. The first-order valence-corrected chi connectivity index (χ1v) is 7.55. The first-order valence-electron chi connectivity index (χ1n) is 7.55. The second-order valence-corrected chi connectivity index (χ2v) is 6.17. The fourth-order valence-electron chi connectivity index (χ4n) is 2.80. The smallest absolute Gasteiger partial charge is 0.237 e. The van der Waals surface area contributed by atoms with Crippen molar-refractivity contribution in [2.45, 2.75) is 45.1 Å². The largest absolute Gasteiger partial charge is 0.375 e. The van der Waals surface area contributed by atoms with Crippen LogP contribution in [0.1, 0.15) is 27.2 Å². The van der Waals surface area contributed by atoms with Gasteiger partial charge in [0.25, 0.3) is 0 Å². The van der Waals surface area contributed by atoms with E-state index in [1.54, 1.807) is 21.3 Å². The van der Waals surface area contributed by atoms with Gasteiger partial charge in [0.15, 0.2) is 0 Å². The molecule has 0 radical (unpaired) electrons. The first kappa shape index (κ1) is 18.4. The maximum Gasteiger partial charge on any atom is 0.237 e. The maximum atomic E-state index is 12.5. The zero-order valence-electron chi connectivity index (χ0n) is 14.1. The summed E-state index contributed by atoms with van der Waals surface area (Å²) < 4.78 is 16.6. The molecule has 6 heteroatoms. The molecule has 0 unspecified atom stereocenters. The van der Waals surface area contributed by atoms with Crippen LogP contribution in [0.5, 0.6) is 0 Å². The zero-order valence-corrected chi connectivity index (χ0v) is 14.1. The Hall–Kier alpha value is -0.690. The van der Waals surface area contributed by atoms with Crippen LogP contribution in [0.4, 0.5) is 0 Å². The van der Waals surface area contributed by atoms with E-state index in [2.05, 4.69) is 24.5 Å². The third-order valence-corrected chi connectivity index (χ3v) is 4.09. The summed E-state index contributed by atoms with van der Waals surface area (Å²) in [6.07, 6.45) is 0.785. The predicted octanol–water partition coefficient (Wildman–Crippen LogP) is 0.761. The number of rotatable bonds is 7. The molecule has 2 N–H and O–H groups in total. The highest BCUT2D eigenvalue weighted by Gasteiger charge is 2.47. The predicted molar refractivity (Wildman–Crippen MR) is 81.0 cm³/mol. The van der Waals surface area contributed by atoms with Crippen molar-refractivity contribution in [3.05, 3.63) is 0 Å². The van der Waals surface area contributed by atoms with Crippen molar-refractivity contribution >= 4 is 5.91 Å². The molecule has 1 fully saturated rings. The van der Waals surface area contributed by atoms with Gasteiger partial charge in [0.2, 0.25) is 11.7 Å². The molecule has 0 spiro atoms. The molecule has 124 valence electrons. The molecule has 1 aliphatic rings. The van der Waals surface area contributed by atoms with E-state index < -0.39 is 5.79 Å². The molecule has 0 aromatic heterocycles.